The first-order chi connectivity index (χ1) is 11.7. The Kier molecular flexibility index (Phi) is 7.26. The molecule has 128 valence electrons. The zero-order valence-electron chi connectivity index (χ0n) is 13.4. The highest BCUT2D eigenvalue weighted by Crippen LogP contribution is 2.15. The van der Waals surface area contributed by atoms with Crippen molar-refractivity contribution in [3.05, 3.63) is 59.7 Å². The lowest BCUT2D eigenvalue weighted by Gasteiger charge is -2.10. The zero-order valence-corrected chi connectivity index (χ0v) is 13.4. The third-order valence-corrected chi connectivity index (χ3v) is 3.47. The molecule has 5 heteroatoms. The van der Waals surface area contributed by atoms with E-state index in [-0.39, 0.29) is 13.2 Å². The van der Waals surface area contributed by atoms with Crippen LogP contribution >= 0.6 is 0 Å². The number of aliphatic hydroxyl groups excluding tert-OH is 2. The number of ether oxygens (including phenoxy) is 2. The summed E-state index contributed by atoms with van der Waals surface area (Å²) < 4.78 is 11.0. The Labute approximate surface area is 141 Å². The average Bonchev–Trinajstić information content (AvgIpc) is 2.64. The van der Waals surface area contributed by atoms with Gasteiger partial charge in [0.05, 0.1) is 13.2 Å². The number of hydrogen-bond donors (Lipinski definition) is 2. The molecule has 1 atom stereocenters. The molecule has 0 aromatic heterocycles. The second-order valence-corrected chi connectivity index (χ2v) is 5.43. The van der Waals surface area contributed by atoms with E-state index in [2.05, 4.69) is 0 Å². The summed E-state index contributed by atoms with van der Waals surface area (Å²) in [7, 11) is 0. The summed E-state index contributed by atoms with van der Waals surface area (Å²) in [6, 6.07) is 14.7. The van der Waals surface area contributed by atoms with Gasteiger partial charge in [0.25, 0.3) is 0 Å². The van der Waals surface area contributed by atoms with Gasteiger partial charge >= 0.3 is 0 Å². The predicted molar refractivity (Wildman–Crippen MR) is 90.7 cm³/mol. The van der Waals surface area contributed by atoms with Crippen molar-refractivity contribution in [1.82, 2.24) is 0 Å². The van der Waals surface area contributed by atoms with Crippen LogP contribution in [-0.2, 0) is 6.42 Å². The van der Waals surface area contributed by atoms with Crippen LogP contribution in [0.15, 0.2) is 48.5 Å². The van der Waals surface area contributed by atoms with Crippen molar-refractivity contribution < 1.29 is 24.5 Å². The molecule has 2 N–H and O–H groups in total. The van der Waals surface area contributed by atoms with Gasteiger partial charge in [-0.25, -0.2) is 0 Å². The van der Waals surface area contributed by atoms with Crippen LogP contribution < -0.4 is 9.47 Å². The number of aliphatic hydroxyl groups is 2. The summed E-state index contributed by atoms with van der Waals surface area (Å²) in [5, 5.41) is 18.0. The standard InChI is InChI=1S/C19H22O5/c20-12-16-5-9-18(10-6-16)23-11-1-2-15-3-7-19(8-4-15)24-14-17(22)13-21/h3-10,12,17,21-22H,1-2,11,13-14H2/t17-/m0/s1. The highest BCUT2D eigenvalue weighted by atomic mass is 16.5. The van der Waals surface area contributed by atoms with Gasteiger partial charge in [-0.2, -0.15) is 0 Å². The Hall–Kier alpha value is -2.37. The molecule has 0 amide bonds. The molecule has 0 spiro atoms. The lowest BCUT2D eigenvalue weighted by molar-refractivity contribution is 0.0536. The molecule has 0 radical (unpaired) electrons. The molecule has 2 rings (SSSR count). The van der Waals surface area contributed by atoms with Gasteiger partial charge in [0.15, 0.2) is 0 Å². The maximum absolute atomic E-state index is 10.6. The molecule has 0 saturated heterocycles. The Balaban J connectivity index is 1.69. The van der Waals surface area contributed by atoms with Crippen molar-refractivity contribution in [2.45, 2.75) is 18.9 Å². The van der Waals surface area contributed by atoms with E-state index in [1.165, 1.54) is 5.56 Å². The van der Waals surface area contributed by atoms with E-state index in [1.807, 2.05) is 24.3 Å². The fourth-order valence-electron chi connectivity index (χ4n) is 2.11. The van der Waals surface area contributed by atoms with E-state index in [0.717, 1.165) is 24.9 Å². The van der Waals surface area contributed by atoms with Gasteiger partial charge in [0.2, 0.25) is 0 Å². The summed E-state index contributed by atoms with van der Waals surface area (Å²) in [5.41, 5.74) is 1.81. The molecular weight excluding hydrogens is 308 g/mol. The van der Waals surface area contributed by atoms with Crippen molar-refractivity contribution in [3.63, 3.8) is 0 Å². The predicted octanol–water partition coefficient (Wildman–Crippen LogP) is 2.24. The van der Waals surface area contributed by atoms with Gasteiger partial charge < -0.3 is 19.7 Å². The van der Waals surface area contributed by atoms with Gasteiger partial charge in [-0.15, -0.1) is 0 Å². The quantitative estimate of drug-likeness (QED) is 0.516. The van der Waals surface area contributed by atoms with Crippen LogP contribution in [0.25, 0.3) is 0 Å². The van der Waals surface area contributed by atoms with Gasteiger partial charge in [0.1, 0.15) is 30.5 Å². The van der Waals surface area contributed by atoms with Crippen LogP contribution in [0, 0.1) is 0 Å². The zero-order chi connectivity index (χ0) is 17.2. The van der Waals surface area contributed by atoms with Crippen LogP contribution in [0.3, 0.4) is 0 Å². The largest absolute Gasteiger partial charge is 0.494 e. The Morgan fingerprint density at radius 1 is 0.958 bits per heavy atom. The van der Waals surface area contributed by atoms with Crippen molar-refractivity contribution in [2.24, 2.45) is 0 Å². The summed E-state index contributed by atoms with van der Waals surface area (Å²) in [6.07, 6.45) is 1.70. The molecule has 0 unspecified atom stereocenters. The molecule has 0 heterocycles. The Morgan fingerprint density at radius 2 is 1.58 bits per heavy atom. The van der Waals surface area contributed by atoms with Crippen LogP contribution in [0.1, 0.15) is 22.3 Å². The number of benzene rings is 2. The summed E-state index contributed by atoms with van der Waals surface area (Å²) in [6.45, 7) is 0.365. The van der Waals surface area contributed by atoms with Gasteiger partial charge in [0, 0.05) is 5.56 Å². The first kappa shape index (κ1) is 18.0. The minimum absolute atomic E-state index is 0.0760. The first-order valence-corrected chi connectivity index (χ1v) is 7.90. The average molecular weight is 330 g/mol. The second kappa shape index (κ2) is 9.70. The highest BCUT2D eigenvalue weighted by molar-refractivity contribution is 5.74. The number of carbonyl (C=O) groups is 1. The number of rotatable bonds is 10. The van der Waals surface area contributed by atoms with Gasteiger partial charge in [-0.05, 0) is 54.8 Å². The normalized spacial score (nSPS) is 11.8. The fourth-order valence-corrected chi connectivity index (χ4v) is 2.11. The number of hydrogen-bond acceptors (Lipinski definition) is 5. The van der Waals surface area contributed by atoms with E-state index in [0.29, 0.717) is 17.9 Å². The van der Waals surface area contributed by atoms with Gasteiger partial charge in [-0.3, -0.25) is 4.79 Å². The Bertz CT molecular complexity index is 607. The minimum atomic E-state index is -0.859. The molecule has 2 aromatic carbocycles. The van der Waals surface area contributed by atoms with Crippen LogP contribution in [-0.4, -0.2) is 42.4 Å². The molecular formula is C19H22O5. The molecule has 24 heavy (non-hydrogen) atoms. The molecule has 0 aliphatic rings. The Morgan fingerprint density at radius 3 is 2.21 bits per heavy atom. The van der Waals surface area contributed by atoms with E-state index in [1.54, 1.807) is 24.3 Å². The maximum atomic E-state index is 10.6. The SMILES string of the molecule is O=Cc1ccc(OCCCc2ccc(OC[C@@H](O)CO)cc2)cc1. The number of aryl methyl sites for hydroxylation is 1. The number of carbonyl (C=O) groups excluding carboxylic acids is 1. The third-order valence-electron chi connectivity index (χ3n) is 3.47. The molecule has 0 saturated carbocycles. The topological polar surface area (TPSA) is 76.0 Å². The first-order valence-electron chi connectivity index (χ1n) is 7.90. The van der Waals surface area contributed by atoms with Crippen LogP contribution in [0.4, 0.5) is 0 Å². The third kappa shape index (κ3) is 6.02. The van der Waals surface area contributed by atoms with E-state index in [4.69, 9.17) is 14.6 Å². The van der Waals surface area contributed by atoms with Crippen LogP contribution in [0.2, 0.25) is 0 Å². The van der Waals surface area contributed by atoms with E-state index < -0.39 is 6.10 Å². The second-order valence-electron chi connectivity index (χ2n) is 5.43. The molecule has 0 aliphatic carbocycles. The molecule has 2 aromatic rings. The maximum Gasteiger partial charge on any atom is 0.150 e. The van der Waals surface area contributed by atoms with Crippen LogP contribution in [0.5, 0.6) is 11.5 Å². The molecule has 0 aliphatic heterocycles. The lowest BCUT2D eigenvalue weighted by Crippen LogP contribution is -2.21. The molecule has 5 nitrogen and oxygen atoms in total. The van der Waals surface area contributed by atoms with Crippen molar-refractivity contribution in [2.75, 3.05) is 19.8 Å². The monoisotopic (exact) mass is 330 g/mol. The lowest BCUT2D eigenvalue weighted by atomic mass is 10.1. The summed E-state index contributed by atoms with van der Waals surface area (Å²) in [5.74, 6) is 1.42. The molecule has 0 fully saturated rings. The van der Waals surface area contributed by atoms with Crippen molar-refractivity contribution >= 4 is 6.29 Å². The fraction of sp³-hybridized carbons (Fsp3) is 0.316. The van der Waals surface area contributed by atoms with E-state index >= 15 is 0 Å². The molecule has 0 bridgehead atoms. The summed E-state index contributed by atoms with van der Waals surface area (Å²) >= 11 is 0. The summed E-state index contributed by atoms with van der Waals surface area (Å²) in [4.78, 5) is 10.6. The number of aldehydes is 1. The smallest absolute Gasteiger partial charge is 0.150 e. The minimum Gasteiger partial charge on any atom is -0.494 e. The van der Waals surface area contributed by atoms with Crippen molar-refractivity contribution in [3.8, 4) is 11.5 Å². The highest BCUT2D eigenvalue weighted by Gasteiger charge is 2.03. The van der Waals surface area contributed by atoms with E-state index in [9.17, 15) is 9.90 Å². The van der Waals surface area contributed by atoms with Gasteiger partial charge in [-0.1, -0.05) is 12.1 Å². The van der Waals surface area contributed by atoms with Crippen molar-refractivity contribution in [1.29, 1.82) is 0 Å².